The summed E-state index contributed by atoms with van der Waals surface area (Å²) in [6.07, 6.45) is 5.67. The van der Waals surface area contributed by atoms with Crippen LogP contribution in [-0.4, -0.2) is 20.6 Å². The molecule has 0 aliphatic carbocycles. The largest absolute Gasteiger partial charge is 0.478 e. The Bertz CT molecular complexity index is 674. The third kappa shape index (κ3) is 3.38. The molecule has 1 N–H and O–H groups in total. The van der Waals surface area contributed by atoms with Crippen molar-refractivity contribution in [1.29, 1.82) is 0 Å². The predicted octanol–water partition coefficient (Wildman–Crippen LogP) is 1.39. The molecule has 0 fully saturated rings. The van der Waals surface area contributed by atoms with Crippen molar-refractivity contribution in [2.24, 2.45) is 0 Å². The highest BCUT2D eigenvalue weighted by atomic mass is 16.4. The van der Waals surface area contributed by atoms with Crippen LogP contribution in [0, 0.1) is 0 Å². The van der Waals surface area contributed by atoms with E-state index in [1.54, 1.807) is 18.3 Å². The molecule has 0 radical (unpaired) electrons. The SMILES string of the molecule is O=C(O)C=Cc1ccccc1Cn1cccnc1=O. The van der Waals surface area contributed by atoms with Gasteiger partial charge in [-0.3, -0.25) is 4.57 Å². The summed E-state index contributed by atoms with van der Waals surface area (Å²) in [7, 11) is 0. The van der Waals surface area contributed by atoms with Crippen LogP contribution in [0.3, 0.4) is 0 Å². The standard InChI is InChI=1S/C14H12N2O3/c17-13(18)7-6-11-4-1-2-5-12(11)10-16-9-3-8-15-14(16)19/h1-9H,10H2,(H,17,18). The van der Waals surface area contributed by atoms with Crippen LogP contribution >= 0.6 is 0 Å². The van der Waals surface area contributed by atoms with E-state index in [1.165, 1.54) is 16.8 Å². The van der Waals surface area contributed by atoms with Crippen molar-refractivity contribution < 1.29 is 9.90 Å². The molecule has 1 aromatic carbocycles. The van der Waals surface area contributed by atoms with Crippen LogP contribution in [0.15, 0.2) is 53.6 Å². The van der Waals surface area contributed by atoms with Gasteiger partial charge < -0.3 is 5.11 Å². The molecule has 1 aromatic heterocycles. The van der Waals surface area contributed by atoms with Gasteiger partial charge in [0.25, 0.3) is 0 Å². The summed E-state index contributed by atoms with van der Waals surface area (Å²) in [6.45, 7) is 0.354. The average molecular weight is 256 g/mol. The van der Waals surface area contributed by atoms with Crippen LogP contribution in [0.1, 0.15) is 11.1 Å². The van der Waals surface area contributed by atoms with Gasteiger partial charge in [-0.2, -0.15) is 0 Å². The number of carboxylic acids is 1. The second-order valence-electron chi connectivity index (χ2n) is 3.90. The van der Waals surface area contributed by atoms with E-state index in [0.29, 0.717) is 6.54 Å². The first-order chi connectivity index (χ1) is 9.16. The zero-order chi connectivity index (χ0) is 13.7. The Morgan fingerprint density at radius 1 is 1.32 bits per heavy atom. The topological polar surface area (TPSA) is 72.2 Å². The highest BCUT2D eigenvalue weighted by molar-refractivity contribution is 5.85. The fraction of sp³-hybridized carbons (Fsp3) is 0.0714. The van der Waals surface area contributed by atoms with Gasteiger partial charge in [-0.1, -0.05) is 24.3 Å². The van der Waals surface area contributed by atoms with Gasteiger partial charge in [0.2, 0.25) is 0 Å². The molecule has 0 saturated carbocycles. The van der Waals surface area contributed by atoms with Gasteiger partial charge in [0.15, 0.2) is 0 Å². The monoisotopic (exact) mass is 256 g/mol. The second kappa shape index (κ2) is 5.77. The zero-order valence-corrected chi connectivity index (χ0v) is 10.1. The van der Waals surface area contributed by atoms with E-state index in [9.17, 15) is 9.59 Å². The van der Waals surface area contributed by atoms with E-state index in [0.717, 1.165) is 17.2 Å². The Morgan fingerprint density at radius 3 is 2.84 bits per heavy atom. The summed E-state index contributed by atoms with van der Waals surface area (Å²) in [5.74, 6) is -1.01. The average Bonchev–Trinajstić information content (AvgIpc) is 2.40. The molecule has 0 spiro atoms. The Labute approximate surface area is 109 Å². The predicted molar refractivity (Wildman–Crippen MR) is 70.7 cm³/mol. The van der Waals surface area contributed by atoms with Gasteiger partial charge in [0, 0.05) is 18.5 Å². The number of hydrogen-bond acceptors (Lipinski definition) is 3. The molecule has 2 rings (SSSR count). The Hall–Kier alpha value is -2.69. The van der Waals surface area contributed by atoms with Crippen LogP contribution in [0.25, 0.3) is 6.08 Å². The number of aromatic nitrogens is 2. The minimum absolute atomic E-state index is 0.334. The van der Waals surface area contributed by atoms with Crippen LogP contribution in [0.2, 0.25) is 0 Å². The van der Waals surface area contributed by atoms with Crippen molar-refractivity contribution in [1.82, 2.24) is 9.55 Å². The summed E-state index contributed by atoms with van der Waals surface area (Å²) in [4.78, 5) is 25.8. The summed E-state index contributed by atoms with van der Waals surface area (Å²) in [5.41, 5.74) is 1.29. The lowest BCUT2D eigenvalue weighted by molar-refractivity contribution is -0.131. The minimum atomic E-state index is -1.01. The van der Waals surface area contributed by atoms with E-state index in [1.807, 2.05) is 18.2 Å². The molecule has 0 aliphatic rings. The lowest BCUT2D eigenvalue weighted by Gasteiger charge is -2.07. The maximum atomic E-state index is 11.5. The summed E-state index contributed by atoms with van der Waals surface area (Å²) in [5, 5.41) is 8.65. The number of hydrogen-bond donors (Lipinski definition) is 1. The Kier molecular flexibility index (Phi) is 3.87. The molecular weight excluding hydrogens is 244 g/mol. The molecule has 2 aromatic rings. The van der Waals surface area contributed by atoms with Gasteiger partial charge in [-0.25, -0.2) is 14.6 Å². The Balaban J connectivity index is 2.33. The molecule has 5 nitrogen and oxygen atoms in total. The molecule has 5 heteroatoms. The highest BCUT2D eigenvalue weighted by Gasteiger charge is 2.02. The van der Waals surface area contributed by atoms with Gasteiger partial charge >= 0.3 is 11.7 Å². The minimum Gasteiger partial charge on any atom is -0.478 e. The summed E-state index contributed by atoms with van der Waals surface area (Å²) in [6, 6.07) is 8.99. The van der Waals surface area contributed by atoms with Crippen LogP contribution in [-0.2, 0) is 11.3 Å². The molecule has 0 unspecified atom stereocenters. The molecule has 0 bridgehead atoms. The van der Waals surface area contributed by atoms with E-state index in [-0.39, 0.29) is 5.69 Å². The maximum absolute atomic E-state index is 11.5. The summed E-state index contributed by atoms with van der Waals surface area (Å²) < 4.78 is 1.47. The van der Waals surface area contributed by atoms with Crippen molar-refractivity contribution in [3.63, 3.8) is 0 Å². The van der Waals surface area contributed by atoms with Gasteiger partial charge in [0.05, 0.1) is 6.54 Å². The fourth-order valence-electron chi connectivity index (χ4n) is 1.69. The number of carboxylic acid groups (broad SMARTS) is 1. The number of benzene rings is 1. The molecular formula is C14H12N2O3. The lowest BCUT2D eigenvalue weighted by atomic mass is 10.1. The normalized spacial score (nSPS) is 10.7. The highest BCUT2D eigenvalue weighted by Crippen LogP contribution is 2.11. The third-order valence-corrected chi connectivity index (χ3v) is 2.58. The van der Waals surface area contributed by atoms with Crippen LogP contribution in [0.5, 0.6) is 0 Å². The molecule has 19 heavy (non-hydrogen) atoms. The van der Waals surface area contributed by atoms with E-state index < -0.39 is 5.97 Å². The zero-order valence-electron chi connectivity index (χ0n) is 10.1. The molecule has 96 valence electrons. The van der Waals surface area contributed by atoms with E-state index in [4.69, 9.17) is 5.11 Å². The van der Waals surface area contributed by atoms with Crippen molar-refractivity contribution >= 4 is 12.0 Å². The molecule has 0 saturated heterocycles. The molecule has 0 aliphatic heterocycles. The van der Waals surface area contributed by atoms with Crippen LogP contribution in [0.4, 0.5) is 0 Å². The first-order valence-corrected chi connectivity index (χ1v) is 5.67. The van der Waals surface area contributed by atoms with Crippen LogP contribution < -0.4 is 5.69 Å². The maximum Gasteiger partial charge on any atom is 0.347 e. The van der Waals surface area contributed by atoms with Gasteiger partial charge in [-0.05, 0) is 23.3 Å². The first kappa shape index (κ1) is 12.8. The van der Waals surface area contributed by atoms with Crippen molar-refractivity contribution in [3.8, 4) is 0 Å². The molecule has 0 amide bonds. The first-order valence-electron chi connectivity index (χ1n) is 5.67. The smallest absolute Gasteiger partial charge is 0.347 e. The number of nitrogens with zero attached hydrogens (tertiary/aromatic N) is 2. The van der Waals surface area contributed by atoms with Crippen molar-refractivity contribution in [2.75, 3.05) is 0 Å². The van der Waals surface area contributed by atoms with Gasteiger partial charge in [-0.15, -0.1) is 0 Å². The van der Waals surface area contributed by atoms with Crippen molar-refractivity contribution in [2.45, 2.75) is 6.54 Å². The Morgan fingerprint density at radius 2 is 2.11 bits per heavy atom. The quantitative estimate of drug-likeness (QED) is 0.839. The fourth-order valence-corrected chi connectivity index (χ4v) is 1.69. The van der Waals surface area contributed by atoms with E-state index in [2.05, 4.69) is 4.98 Å². The van der Waals surface area contributed by atoms with Gasteiger partial charge in [0.1, 0.15) is 0 Å². The number of aliphatic carboxylic acids is 1. The number of carbonyl (C=O) groups is 1. The number of rotatable bonds is 4. The third-order valence-electron chi connectivity index (χ3n) is 2.58. The molecule has 1 heterocycles. The molecule has 0 atom stereocenters. The van der Waals surface area contributed by atoms with Crippen molar-refractivity contribution in [3.05, 3.63) is 70.4 Å². The summed E-state index contributed by atoms with van der Waals surface area (Å²) >= 11 is 0. The second-order valence-corrected chi connectivity index (χ2v) is 3.90. The van der Waals surface area contributed by atoms with E-state index >= 15 is 0 Å². The lowest BCUT2D eigenvalue weighted by Crippen LogP contribution is -2.22.